The van der Waals surface area contributed by atoms with E-state index in [1.165, 1.54) is 0 Å². The van der Waals surface area contributed by atoms with Crippen LogP contribution in [0.2, 0.25) is 0 Å². The predicted octanol–water partition coefficient (Wildman–Crippen LogP) is 7.44. The van der Waals surface area contributed by atoms with Gasteiger partial charge in [-0.1, -0.05) is 50.5 Å². The second-order valence-corrected chi connectivity index (χ2v) is 12.3. The Labute approximate surface area is 227 Å². The first-order valence-electron chi connectivity index (χ1n) is 12.6. The molecule has 37 heavy (non-hydrogen) atoms. The SMILES string of the molecule is CCOC(=O)C(C)(C)Cc1c(C(=O)C(C)(C)C)c2cc(C(C)C)ccn2c1C(=O)Nc1ccc(Br)cc1. The highest BCUT2D eigenvalue weighted by atomic mass is 79.9. The number of hydrogen-bond donors (Lipinski definition) is 1. The number of nitrogens with one attached hydrogen (secondary N) is 1. The van der Waals surface area contributed by atoms with E-state index >= 15 is 0 Å². The summed E-state index contributed by atoms with van der Waals surface area (Å²) >= 11 is 3.42. The third kappa shape index (κ3) is 6.15. The van der Waals surface area contributed by atoms with E-state index in [0.29, 0.717) is 28.0 Å². The van der Waals surface area contributed by atoms with E-state index in [0.717, 1.165) is 10.0 Å². The number of anilines is 1. The summed E-state index contributed by atoms with van der Waals surface area (Å²) in [5.41, 5.74) is 2.08. The Morgan fingerprint density at radius 2 is 1.65 bits per heavy atom. The first-order valence-corrected chi connectivity index (χ1v) is 13.4. The minimum Gasteiger partial charge on any atom is -0.466 e. The molecule has 0 fully saturated rings. The molecule has 2 aromatic heterocycles. The fourth-order valence-electron chi connectivity index (χ4n) is 4.29. The standard InChI is InChI=1S/C30H37BrN2O4/c1-9-37-28(36)30(7,8)17-22-24(26(34)29(4,5)6)23-16-19(18(2)3)14-15-33(23)25(22)27(35)32-21-12-10-20(31)11-13-21/h10-16,18H,9,17H2,1-8H3,(H,32,35). The lowest BCUT2D eigenvalue weighted by molar-refractivity contribution is -0.153. The number of esters is 1. The molecule has 1 aromatic carbocycles. The second kappa shape index (κ2) is 10.8. The fraction of sp³-hybridized carbons (Fsp3) is 0.433. The van der Waals surface area contributed by atoms with Crippen LogP contribution in [-0.4, -0.2) is 28.7 Å². The largest absolute Gasteiger partial charge is 0.466 e. The number of halogens is 1. The smallest absolute Gasteiger partial charge is 0.311 e. The maximum Gasteiger partial charge on any atom is 0.311 e. The molecule has 1 amide bonds. The first kappa shape index (κ1) is 28.6. The lowest BCUT2D eigenvalue weighted by Crippen LogP contribution is -2.31. The van der Waals surface area contributed by atoms with E-state index in [-0.39, 0.29) is 36.6 Å². The Bertz CT molecular complexity index is 1330. The third-order valence-electron chi connectivity index (χ3n) is 6.40. The number of aromatic nitrogens is 1. The van der Waals surface area contributed by atoms with Crippen molar-refractivity contribution in [3.63, 3.8) is 0 Å². The second-order valence-electron chi connectivity index (χ2n) is 11.4. The van der Waals surface area contributed by atoms with Gasteiger partial charge in [-0.15, -0.1) is 0 Å². The minimum absolute atomic E-state index is 0.0803. The Morgan fingerprint density at radius 1 is 1.03 bits per heavy atom. The van der Waals surface area contributed by atoms with E-state index < -0.39 is 10.8 Å². The topological polar surface area (TPSA) is 76.9 Å². The number of hydrogen-bond acceptors (Lipinski definition) is 4. The van der Waals surface area contributed by atoms with E-state index in [9.17, 15) is 14.4 Å². The summed E-state index contributed by atoms with van der Waals surface area (Å²) in [6.07, 6.45) is 2.02. The van der Waals surface area contributed by atoms with Crippen molar-refractivity contribution in [1.82, 2.24) is 4.40 Å². The molecule has 0 aliphatic carbocycles. The Kier molecular flexibility index (Phi) is 8.37. The number of pyridine rings is 1. The molecule has 0 aliphatic rings. The first-order chi connectivity index (χ1) is 17.2. The summed E-state index contributed by atoms with van der Waals surface area (Å²) in [4.78, 5) is 40.7. The lowest BCUT2D eigenvalue weighted by atomic mass is 9.79. The number of ether oxygens (including phenoxy) is 1. The van der Waals surface area contributed by atoms with Crippen molar-refractivity contribution in [2.24, 2.45) is 10.8 Å². The molecule has 3 rings (SSSR count). The molecule has 0 saturated carbocycles. The molecule has 0 atom stereocenters. The van der Waals surface area contributed by atoms with Crippen molar-refractivity contribution in [2.75, 3.05) is 11.9 Å². The Balaban J connectivity index is 2.33. The molecule has 6 nitrogen and oxygen atoms in total. The van der Waals surface area contributed by atoms with Crippen molar-refractivity contribution < 1.29 is 19.1 Å². The van der Waals surface area contributed by atoms with Crippen LogP contribution < -0.4 is 5.32 Å². The molecule has 0 bridgehead atoms. The normalized spacial score (nSPS) is 12.2. The van der Waals surface area contributed by atoms with Crippen molar-refractivity contribution in [2.45, 2.75) is 67.7 Å². The molecule has 0 radical (unpaired) electrons. The van der Waals surface area contributed by atoms with Crippen LogP contribution in [0.3, 0.4) is 0 Å². The number of benzene rings is 1. The van der Waals surface area contributed by atoms with Gasteiger partial charge in [0, 0.05) is 27.3 Å². The minimum atomic E-state index is -0.957. The van der Waals surface area contributed by atoms with Crippen LogP contribution in [0, 0.1) is 10.8 Å². The van der Waals surface area contributed by atoms with E-state index in [4.69, 9.17) is 4.74 Å². The fourth-order valence-corrected chi connectivity index (χ4v) is 4.56. The summed E-state index contributed by atoms with van der Waals surface area (Å²) in [7, 11) is 0. The average Bonchev–Trinajstić information content (AvgIpc) is 3.11. The number of carbonyl (C=O) groups excluding carboxylic acids is 3. The Morgan fingerprint density at radius 3 is 2.19 bits per heavy atom. The number of amides is 1. The molecule has 0 saturated heterocycles. The summed E-state index contributed by atoms with van der Waals surface area (Å²) in [6, 6.07) is 11.3. The highest BCUT2D eigenvalue weighted by Crippen LogP contribution is 2.37. The monoisotopic (exact) mass is 568 g/mol. The predicted molar refractivity (Wildman–Crippen MR) is 151 cm³/mol. The number of rotatable bonds is 8. The number of fused-ring (bicyclic) bond motifs is 1. The van der Waals surface area contributed by atoms with E-state index in [1.54, 1.807) is 37.3 Å². The molecule has 0 spiro atoms. The highest BCUT2D eigenvalue weighted by molar-refractivity contribution is 9.10. The van der Waals surface area contributed by atoms with Gasteiger partial charge in [-0.05, 0) is 80.6 Å². The van der Waals surface area contributed by atoms with Gasteiger partial charge in [-0.2, -0.15) is 0 Å². The summed E-state index contributed by atoms with van der Waals surface area (Å²) < 4.78 is 8.03. The molecule has 2 heterocycles. The van der Waals surface area contributed by atoms with Crippen LogP contribution in [0.25, 0.3) is 5.52 Å². The molecule has 1 N–H and O–H groups in total. The molecular weight excluding hydrogens is 532 g/mol. The van der Waals surface area contributed by atoms with Gasteiger partial charge >= 0.3 is 5.97 Å². The molecular formula is C30H37BrN2O4. The third-order valence-corrected chi connectivity index (χ3v) is 6.93. The highest BCUT2D eigenvalue weighted by Gasteiger charge is 2.38. The summed E-state index contributed by atoms with van der Waals surface area (Å²) in [5, 5.41) is 2.98. The molecule has 0 aliphatic heterocycles. The van der Waals surface area contributed by atoms with Crippen LogP contribution >= 0.6 is 15.9 Å². The molecule has 7 heteroatoms. The van der Waals surface area contributed by atoms with Gasteiger partial charge in [0.15, 0.2) is 5.78 Å². The van der Waals surface area contributed by atoms with Crippen molar-refractivity contribution in [3.05, 3.63) is 69.5 Å². The number of carbonyl (C=O) groups is 3. The summed E-state index contributed by atoms with van der Waals surface area (Å²) in [5.74, 6) is -0.570. The average molecular weight is 570 g/mol. The molecule has 198 valence electrons. The number of ketones is 1. The van der Waals surface area contributed by atoms with Crippen LogP contribution in [-0.2, 0) is 16.0 Å². The van der Waals surface area contributed by atoms with Gasteiger partial charge in [0.2, 0.25) is 0 Å². The van der Waals surface area contributed by atoms with Crippen molar-refractivity contribution in [1.29, 1.82) is 0 Å². The van der Waals surface area contributed by atoms with Gasteiger partial charge in [0.25, 0.3) is 5.91 Å². The van der Waals surface area contributed by atoms with Crippen LogP contribution in [0.15, 0.2) is 47.1 Å². The summed E-state index contributed by atoms with van der Waals surface area (Å²) in [6.45, 7) is 15.4. The van der Waals surface area contributed by atoms with Gasteiger partial charge in [0.05, 0.1) is 17.5 Å². The zero-order chi connectivity index (χ0) is 27.7. The van der Waals surface area contributed by atoms with Gasteiger partial charge in [0.1, 0.15) is 5.69 Å². The zero-order valence-electron chi connectivity index (χ0n) is 23.0. The van der Waals surface area contributed by atoms with Gasteiger partial charge < -0.3 is 14.5 Å². The maximum atomic E-state index is 13.9. The quantitative estimate of drug-likeness (QED) is 0.226. The van der Waals surface area contributed by atoms with E-state index in [2.05, 4.69) is 35.1 Å². The Hall–Kier alpha value is -2.93. The van der Waals surface area contributed by atoms with Gasteiger partial charge in [-0.25, -0.2) is 0 Å². The number of Topliss-reactive ketones (excluding diaryl/α,β-unsaturated/α-hetero) is 1. The van der Waals surface area contributed by atoms with Crippen molar-refractivity contribution >= 4 is 44.8 Å². The molecule has 3 aromatic rings. The van der Waals surface area contributed by atoms with E-state index in [1.807, 2.05) is 51.2 Å². The zero-order valence-corrected chi connectivity index (χ0v) is 24.6. The lowest BCUT2D eigenvalue weighted by Gasteiger charge is -2.24. The van der Waals surface area contributed by atoms with Crippen molar-refractivity contribution in [3.8, 4) is 0 Å². The molecule has 0 unspecified atom stereocenters. The van der Waals surface area contributed by atoms with Crippen LogP contribution in [0.1, 0.15) is 93.3 Å². The number of nitrogens with zero attached hydrogens (tertiary/aromatic N) is 1. The maximum absolute atomic E-state index is 13.9. The van der Waals surface area contributed by atoms with Gasteiger partial charge in [-0.3, -0.25) is 14.4 Å². The van der Waals surface area contributed by atoms with Crippen LogP contribution in [0.5, 0.6) is 0 Å². The van der Waals surface area contributed by atoms with Crippen LogP contribution in [0.4, 0.5) is 5.69 Å².